The van der Waals surface area contributed by atoms with Gasteiger partial charge in [0, 0.05) is 22.1 Å². The molecule has 0 atom stereocenters. The number of anilines is 2. The van der Waals surface area contributed by atoms with Crippen LogP contribution in [-0.4, -0.2) is 0 Å². The van der Waals surface area contributed by atoms with Gasteiger partial charge in [0.05, 0.1) is 0 Å². The quantitative estimate of drug-likeness (QED) is 0.289. The molecule has 1 aromatic heterocycles. The Kier molecular flexibility index (Phi) is 3.58. The predicted octanol–water partition coefficient (Wildman–Crippen LogP) is 8.79. The zero-order valence-electron chi connectivity index (χ0n) is 17.3. The second-order valence-corrected chi connectivity index (χ2v) is 8.29. The molecule has 0 unspecified atom stereocenters. The fourth-order valence-electron chi connectivity index (χ4n) is 4.96. The van der Waals surface area contributed by atoms with E-state index in [1.54, 1.807) is 0 Å². The van der Waals surface area contributed by atoms with Gasteiger partial charge in [0.1, 0.15) is 11.2 Å². The SMILES string of the molecule is c1ccc2c(c1)oc1ccc(Nc3ccc4c5ccccc5c5ccccc5c4c3)cc12. The van der Waals surface area contributed by atoms with Crippen LogP contribution in [0.3, 0.4) is 0 Å². The van der Waals surface area contributed by atoms with Gasteiger partial charge in [-0.1, -0.05) is 72.8 Å². The van der Waals surface area contributed by atoms with E-state index in [0.717, 1.165) is 33.3 Å². The smallest absolute Gasteiger partial charge is 0.135 e. The topological polar surface area (TPSA) is 25.2 Å². The molecule has 0 aliphatic rings. The molecule has 6 aromatic carbocycles. The Morgan fingerprint density at radius 2 is 0.844 bits per heavy atom. The van der Waals surface area contributed by atoms with Crippen LogP contribution in [-0.2, 0) is 0 Å². The Labute approximate surface area is 184 Å². The summed E-state index contributed by atoms with van der Waals surface area (Å²) in [6.45, 7) is 0. The summed E-state index contributed by atoms with van der Waals surface area (Å²) in [6, 6.07) is 38.5. The van der Waals surface area contributed by atoms with E-state index in [2.05, 4.69) is 96.3 Å². The van der Waals surface area contributed by atoms with E-state index in [1.807, 2.05) is 18.2 Å². The molecule has 7 rings (SSSR count). The highest BCUT2D eigenvalue weighted by atomic mass is 16.3. The lowest BCUT2D eigenvalue weighted by molar-refractivity contribution is 0.669. The van der Waals surface area contributed by atoms with Crippen LogP contribution < -0.4 is 5.32 Å². The Morgan fingerprint density at radius 3 is 1.53 bits per heavy atom. The zero-order chi connectivity index (χ0) is 21.1. The number of nitrogens with one attached hydrogen (secondary N) is 1. The number of para-hydroxylation sites is 1. The maximum Gasteiger partial charge on any atom is 0.135 e. The summed E-state index contributed by atoms with van der Waals surface area (Å²) in [5.41, 5.74) is 3.95. The van der Waals surface area contributed by atoms with Crippen molar-refractivity contribution in [2.24, 2.45) is 0 Å². The third kappa shape index (κ3) is 2.53. The van der Waals surface area contributed by atoms with Crippen LogP contribution in [0.25, 0.3) is 54.3 Å². The van der Waals surface area contributed by atoms with Crippen LogP contribution in [0.2, 0.25) is 0 Å². The second-order valence-electron chi connectivity index (χ2n) is 8.29. The lowest BCUT2D eigenvalue weighted by Gasteiger charge is -2.13. The largest absolute Gasteiger partial charge is 0.456 e. The zero-order valence-corrected chi connectivity index (χ0v) is 17.3. The van der Waals surface area contributed by atoms with Crippen molar-refractivity contribution < 1.29 is 4.42 Å². The Bertz CT molecular complexity index is 1770. The highest BCUT2D eigenvalue weighted by Gasteiger charge is 2.10. The number of fused-ring (bicyclic) bond motifs is 9. The summed E-state index contributed by atoms with van der Waals surface area (Å²) in [7, 11) is 0. The van der Waals surface area contributed by atoms with Crippen molar-refractivity contribution in [1.29, 1.82) is 0 Å². The number of benzene rings is 6. The van der Waals surface area contributed by atoms with Gasteiger partial charge in [0.25, 0.3) is 0 Å². The minimum atomic E-state index is 0.910. The number of rotatable bonds is 2. The van der Waals surface area contributed by atoms with Gasteiger partial charge in [-0.15, -0.1) is 0 Å². The van der Waals surface area contributed by atoms with Crippen molar-refractivity contribution >= 4 is 65.6 Å². The van der Waals surface area contributed by atoms with Crippen molar-refractivity contribution in [2.75, 3.05) is 5.32 Å². The lowest BCUT2D eigenvalue weighted by Crippen LogP contribution is -1.91. The van der Waals surface area contributed by atoms with Crippen LogP contribution in [0.1, 0.15) is 0 Å². The first-order valence-electron chi connectivity index (χ1n) is 10.9. The minimum Gasteiger partial charge on any atom is -0.456 e. The molecule has 0 saturated carbocycles. The average molecular weight is 409 g/mol. The van der Waals surface area contributed by atoms with Gasteiger partial charge in [-0.3, -0.25) is 0 Å². The van der Waals surface area contributed by atoms with E-state index in [1.165, 1.54) is 32.3 Å². The van der Waals surface area contributed by atoms with Crippen molar-refractivity contribution in [3.63, 3.8) is 0 Å². The van der Waals surface area contributed by atoms with Gasteiger partial charge in [0.2, 0.25) is 0 Å². The van der Waals surface area contributed by atoms with Crippen LogP contribution >= 0.6 is 0 Å². The van der Waals surface area contributed by atoms with Crippen molar-refractivity contribution in [1.82, 2.24) is 0 Å². The first kappa shape index (κ1) is 17.4. The molecule has 0 fully saturated rings. The van der Waals surface area contributed by atoms with Gasteiger partial charge in [0.15, 0.2) is 0 Å². The lowest BCUT2D eigenvalue weighted by atomic mass is 9.94. The van der Waals surface area contributed by atoms with Gasteiger partial charge in [-0.05, 0) is 68.7 Å². The Morgan fingerprint density at radius 1 is 0.375 bits per heavy atom. The van der Waals surface area contributed by atoms with Gasteiger partial charge in [-0.25, -0.2) is 0 Å². The number of hydrogen-bond acceptors (Lipinski definition) is 2. The highest BCUT2D eigenvalue weighted by molar-refractivity contribution is 6.25. The number of furan rings is 1. The maximum atomic E-state index is 5.98. The molecule has 0 spiro atoms. The molecule has 2 nitrogen and oxygen atoms in total. The second kappa shape index (κ2) is 6.60. The van der Waals surface area contributed by atoms with E-state index < -0.39 is 0 Å². The first-order valence-corrected chi connectivity index (χ1v) is 10.9. The summed E-state index contributed by atoms with van der Waals surface area (Å²) >= 11 is 0. The molecule has 0 saturated heterocycles. The summed E-state index contributed by atoms with van der Waals surface area (Å²) in [6.07, 6.45) is 0. The Hall–Kier alpha value is -4.30. The minimum absolute atomic E-state index is 0.910. The van der Waals surface area contributed by atoms with Crippen LogP contribution in [0.4, 0.5) is 11.4 Å². The third-order valence-corrected chi connectivity index (χ3v) is 6.41. The summed E-state index contributed by atoms with van der Waals surface area (Å²) in [4.78, 5) is 0. The summed E-state index contributed by atoms with van der Waals surface area (Å²) < 4.78 is 5.98. The molecule has 0 aliphatic heterocycles. The molecule has 0 aliphatic carbocycles. The molecule has 7 aromatic rings. The van der Waals surface area contributed by atoms with E-state index in [-0.39, 0.29) is 0 Å². The van der Waals surface area contributed by atoms with Crippen LogP contribution in [0.5, 0.6) is 0 Å². The normalized spacial score (nSPS) is 11.8. The van der Waals surface area contributed by atoms with Crippen molar-refractivity contribution in [3.8, 4) is 0 Å². The van der Waals surface area contributed by atoms with Crippen molar-refractivity contribution in [2.45, 2.75) is 0 Å². The molecule has 150 valence electrons. The molecule has 0 bridgehead atoms. The van der Waals surface area contributed by atoms with E-state index in [9.17, 15) is 0 Å². The third-order valence-electron chi connectivity index (χ3n) is 6.41. The molecular formula is C30H19NO. The van der Waals surface area contributed by atoms with Crippen molar-refractivity contribution in [3.05, 3.63) is 109 Å². The molecule has 1 N–H and O–H groups in total. The summed E-state index contributed by atoms with van der Waals surface area (Å²) in [5, 5.41) is 13.6. The maximum absolute atomic E-state index is 5.98. The molecule has 2 heteroatoms. The fraction of sp³-hybridized carbons (Fsp3) is 0. The highest BCUT2D eigenvalue weighted by Crippen LogP contribution is 2.37. The van der Waals surface area contributed by atoms with E-state index in [4.69, 9.17) is 4.42 Å². The molecule has 32 heavy (non-hydrogen) atoms. The number of hydrogen-bond donors (Lipinski definition) is 1. The molecular weight excluding hydrogens is 390 g/mol. The van der Waals surface area contributed by atoms with Gasteiger partial charge >= 0.3 is 0 Å². The Balaban J connectivity index is 1.41. The average Bonchev–Trinajstić information content (AvgIpc) is 3.22. The fourth-order valence-corrected chi connectivity index (χ4v) is 4.96. The monoisotopic (exact) mass is 409 g/mol. The molecule has 0 amide bonds. The molecule has 0 radical (unpaired) electrons. The molecule has 1 heterocycles. The first-order chi connectivity index (χ1) is 15.8. The van der Waals surface area contributed by atoms with Gasteiger partial charge in [-0.2, -0.15) is 0 Å². The van der Waals surface area contributed by atoms with E-state index in [0.29, 0.717) is 0 Å². The van der Waals surface area contributed by atoms with Crippen LogP contribution in [0.15, 0.2) is 114 Å². The standard InChI is InChI=1S/C30H19NO/c1-2-9-23-21(7-1)22-8-3-4-10-24(22)27-17-19(13-15-25(23)27)31-20-14-16-30-28(18-20)26-11-5-6-12-29(26)32-30/h1-18,31H. The predicted molar refractivity (Wildman–Crippen MR) is 136 cm³/mol. The summed E-state index contributed by atoms with van der Waals surface area (Å²) in [5.74, 6) is 0. The van der Waals surface area contributed by atoms with E-state index >= 15 is 0 Å². The van der Waals surface area contributed by atoms with Crippen LogP contribution in [0, 0.1) is 0 Å². The van der Waals surface area contributed by atoms with Gasteiger partial charge < -0.3 is 9.73 Å².